The van der Waals surface area contributed by atoms with E-state index in [1.165, 1.54) is 14.2 Å². The Morgan fingerprint density at radius 3 is 2.21 bits per heavy atom. The molecule has 0 heterocycles. The second-order valence-electron chi connectivity index (χ2n) is 5.10. The molecule has 0 saturated heterocycles. The minimum Gasteiger partial charge on any atom is -0.496 e. The first kappa shape index (κ1) is 17.7. The molecule has 0 bridgehead atoms. The van der Waals surface area contributed by atoms with E-state index in [0.29, 0.717) is 30.2 Å². The summed E-state index contributed by atoms with van der Waals surface area (Å²) in [6.45, 7) is 2.86. The number of carbonyl (C=O) groups is 1. The van der Waals surface area contributed by atoms with E-state index >= 15 is 0 Å². The molecule has 2 aromatic rings. The smallest absolute Gasteiger partial charge is 0.258 e. The van der Waals surface area contributed by atoms with Gasteiger partial charge in [0.05, 0.1) is 20.8 Å². The standard InChI is InChI=1S/C19H23NO4/c1-4-14-8-5-6-9-15(14)24-13-12-20-19(21)18-16(22-2)10-7-11-17(18)23-3/h5-11H,4,12-13H2,1-3H3,(H,20,21). The van der Waals surface area contributed by atoms with E-state index in [2.05, 4.69) is 12.2 Å². The highest BCUT2D eigenvalue weighted by Crippen LogP contribution is 2.27. The molecule has 0 spiro atoms. The van der Waals surface area contributed by atoms with Gasteiger partial charge in [-0.25, -0.2) is 0 Å². The average Bonchev–Trinajstić information content (AvgIpc) is 2.64. The van der Waals surface area contributed by atoms with E-state index in [9.17, 15) is 4.79 Å². The molecule has 0 aliphatic rings. The van der Waals surface area contributed by atoms with E-state index in [1.54, 1.807) is 18.2 Å². The van der Waals surface area contributed by atoms with Gasteiger partial charge in [-0.3, -0.25) is 4.79 Å². The van der Waals surface area contributed by atoms with Crippen LogP contribution in [0.1, 0.15) is 22.8 Å². The topological polar surface area (TPSA) is 56.8 Å². The molecule has 0 saturated carbocycles. The zero-order valence-corrected chi connectivity index (χ0v) is 14.3. The summed E-state index contributed by atoms with van der Waals surface area (Å²) in [7, 11) is 3.05. The Morgan fingerprint density at radius 2 is 1.58 bits per heavy atom. The minimum atomic E-state index is -0.253. The molecule has 5 heteroatoms. The van der Waals surface area contributed by atoms with E-state index in [0.717, 1.165) is 17.7 Å². The van der Waals surface area contributed by atoms with Crippen LogP contribution in [-0.2, 0) is 6.42 Å². The van der Waals surface area contributed by atoms with E-state index in [1.807, 2.05) is 24.3 Å². The summed E-state index contributed by atoms with van der Waals surface area (Å²) in [6, 6.07) is 13.1. The van der Waals surface area contributed by atoms with Crippen molar-refractivity contribution in [3.8, 4) is 17.2 Å². The predicted octanol–water partition coefficient (Wildman–Crippen LogP) is 3.08. The summed E-state index contributed by atoms with van der Waals surface area (Å²) in [6.07, 6.45) is 0.904. The van der Waals surface area contributed by atoms with Gasteiger partial charge in [-0.1, -0.05) is 31.2 Å². The Hall–Kier alpha value is -2.69. The molecule has 0 fully saturated rings. The molecule has 5 nitrogen and oxygen atoms in total. The van der Waals surface area contributed by atoms with Gasteiger partial charge in [0, 0.05) is 0 Å². The van der Waals surface area contributed by atoms with Crippen LogP contribution in [0.15, 0.2) is 42.5 Å². The summed E-state index contributed by atoms with van der Waals surface area (Å²) in [5.74, 6) is 1.55. The van der Waals surface area contributed by atoms with Crippen LogP contribution in [0.3, 0.4) is 0 Å². The number of nitrogens with one attached hydrogen (secondary N) is 1. The minimum absolute atomic E-state index is 0.253. The van der Waals surface area contributed by atoms with Crippen LogP contribution in [0.2, 0.25) is 0 Å². The highest BCUT2D eigenvalue weighted by molar-refractivity contribution is 5.99. The summed E-state index contributed by atoms with van der Waals surface area (Å²) in [4.78, 5) is 12.4. The fraction of sp³-hybridized carbons (Fsp3) is 0.316. The van der Waals surface area contributed by atoms with Crippen molar-refractivity contribution in [2.24, 2.45) is 0 Å². The Balaban J connectivity index is 1.94. The summed E-state index contributed by atoms with van der Waals surface area (Å²) < 4.78 is 16.2. The number of hydrogen-bond donors (Lipinski definition) is 1. The maximum absolute atomic E-state index is 12.4. The Kier molecular flexibility index (Phi) is 6.49. The van der Waals surface area contributed by atoms with Gasteiger partial charge in [0.25, 0.3) is 5.91 Å². The molecule has 0 radical (unpaired) electrons. The first-order chi connectivity index (χ1) is 11.7. The van der Waals surface area contributed by atoms with E-state index in [-0.39, 0.29) is 5.91 Å². The number of hydrogen-bond acceptors (Lipinski definition) is 4. The number of carbonyl (C=O) groups excluding carboxylic acids is 1. The predicted molar refractivity (Wildman–Crippen MR) is 93.2 cm³/mol. The molecule has 1 N–H and O–H groups in total. The van der Waals surface area contributed by atoms with Crippen molar-refractivity contribution in [1.82, 2.24) is 5.32 Å². The molecule has 1 amide bonds. The lowest BCUT2D eigenvalue weighted by Gasteiger charge is -2.14. The average molecular weight is 329 g/mol. The molecule has 2 aromatic carbocycles. The van der Waals surface area contributed by atoms with Crippen LogP contribution < -0.4 is 19.5 Å². The number of rotatable bonds is 8. The maximum atomic E-state index is 12.4. The first-order valence-corrected chi connectivity index (χ1v) is 7.91. The normalized spacial score (nSPS) is 10.1. The van der Waals surface area contributed by atoms with Crippen LogP contribution in [0.25, 0.3) is 0 Å². The third kappa shape index (κ3) is 4.19. The van der Waals surface area contributed by atoms with Crippen molar-refractivity contribution in [1.29, 1.82) is 0 Å². The number of amides is 1. The molecule has 0 aliphatic heterocycles. The third-order valence-corrected chi connectivity index (χ3v) is 3.65. The number of para-hydroxylation sites is 1. The molecule has 0 unspecified atom stereocenters. The summed E-state index contributed by atoms with van der Waals surface area (Å²) in [5.41, 5.74) is 1.53. The van der Waals surface area contributed by atoms with Gasteiger partial charge in [-0.15, -0.1) is 0 Å². The molecular formula is C19H23NO4. The van der Waals surface area contributed by atoms with Gasteiger partial charge in [-0.2, -0.15) is 0 Å². The van der Waals surface area contributed by atoms with Crippen molar-refractivity contribution in [2.75, 3.05) is 27.4 Å². The lowest BCUT2D eigenvalue weighted by atomic mass is 10.1. The van der Waals surface area contributed by atoms with Crippen LogP contribution in [0.5, 0.6) is 17.2 Å². The highest BCUT2D eigenvalue weighted by Gasteiger charge is 2.17. The SMILES string of the molecule is CCc1ccccc1OCCNC(=O)c1c(OC)cccc1OC. The molecule has 24 heavy (non-hydrogen) atoms. The van der Waals surface area contributed by atoms with Gasteiger partial charge in [0.2, 0.25) is 0 Å². The fourth-order valence-electron chi connectivity index (χ4n) is 2.43. The highest BCUT2D eigenvalue weighted by atomic mass is 16.5. The lowest BCUT2D eigenvalue weighted by Crippen LogP contribution is -2.29. The first-order valence-electron chi connectivity index (χ1n) is 7.91. The van der Waals surface area contributed by atoms with Crippen LogP contribution >= 0.6 is 0 Å². The summed E-state index contributed by atoms with van der Waals surface area (Å²) in [5, 5.41) is 2.83. The van der Waals surface area contributed by atoms with Crippen molar-refractivity contribution in [3.63, 3.8) is 0 Å². The van der Waals surface area contributed by atoms with Crippen molar-refractivity contribution >= 4 is 5.91 Å². The number of benzene rings is 2. The molecule has 0 aliphatic carbocycles. The fourth-order valence-corrected chi connectivity index (χ4v) is 2.43. The monoisotopic (exact) mass is 329 g/mol. The van der Waals surface area contributed by atoms with Gasteiger partial charge >= 0.3 is 0 Å². The van der Waals surface area contributed by atoms with Gasteiger partial charge < -0.3 is 19.5 Å². The van der Waals surface area contributed by atoms with E-state index in [4.69, 9.17) is 14.2 Å². The number of aryl methyl sites for hydroxylation is 1. The molecule has 128 valence electrons. The number of methoxy groups -OCH3 is 2. The second kappa shape index (κ2) is 8.82. The van der Waals surface area contributed by atoms with Gasteiger partial charge in [0.1, 0.15) is 29.4 Å². The van der Waals surface area contributed by atoms with Gasteiger partial charge in [-0.05, 0) is 30.2 Å². The van der Waals surface area contributed by atoms with Crippen molar-refractivity contribution in [2.45, 2.75) is 13.3 Å². The zero-order chi connectivity index (χ0) is 17.4. The largest absolute Gasteiger partial charge is 0.496 e. The third-order valence-electron chi connectivity index (χ3n) is 3.65. The van der Waals surface area contributed by atoms with Crippen LogP contribution in [-0.4, -0.2) is 33.3 Å². The second-order valence-corrected chi connectivity index (χ2v) is 5.10. The molecular weight excluding hydrogens is 306 g/mol. The van der Waals surface area contributed by atoms with Crippen molar-refractivity contribution in [3.05, 3.63) is 53.6 Å². The Labute approximate surface area is 142 Å². The zero-order valence-electron chi connectivity index (χ0n) is 14.3. The summed E-state index contributed by atoms with van der Waals surface area (Å²) >= 11 is 0. The molecule has 2 rings (SSSR count). The lowest BCUT2D eigenvalue weighted by molar-refractivity contribution is 0.0940. The van der Waals surface area contributed by atoms with Crippen LogP contribution in [0, 0.1) is 0 Å². The van der Waals surface area contributed by atoms with Crippen molar-refractivity contribution < 1.29 is 19.0 Å². The molecule has 0 aromatic heterocycles. The maximum Gasteiger partial charge on any atom is 0.258 e. The molecule has 0 atom stereocenters. The quantitative estimate of drug-likeness (QED) is 0.756. The Morgan fingerprint density at radius 1 is 0.958 bits per heavy atom. The van der Waals surface area contributed by atoms with Crippen LogP contribution in [0.4, 0.5) is 0 Å². The number of ether oxygens (including phenoxy) is 3. The van der Waals surface area contributed by atoms with Gasteiger partial charge in [0.15, 0.2) is 0 Å². The Bertz CT molecular complexity index is 663. The van der Waals surface area contributed by atoms with E-state index < -0.39 is 0 Å².